The quantitative estimate of drug-likeness (QED) is 0.747. The van der Waals surface area contributed by atoms with E-state index < -0.39 is 6.10 Å². The van der Waals surface area contributed by atoms with Crippen molar-refractivity contribution in [2.45, 2.75) is 12.5 Å². The minimum Gasteiger partial charge on any atom is -0.391 e. The highest BCUT2D eigenvalue weighted by Crippen LogP contribution is 2.25. The van der Waals surface area contributed by atoms with Crippen molar-refractivity contribution in [2.24, 2.45) is 5.92 Å². The molecule has 1 saturated heterocycles. The number of tetrazole rings is 1. The topological polar surface area (TPSA) is 92.8 Å². The van der Waals surface area contributed by atoms with Gasteiger partial charge in [-0.05, 0) is 29.0 Å². The molecule has 2 atom stereocenters. The van der Waals surface area contributed by atoms with E-state index in [0.29, 0.717) is 25.5 Å². The molecule has 2 aromatic heterocycles. The summed E-state index contributed by atoms with van der Waals surface area (Å²) in [5.74, 6) is 0.713. The maximum atomic E-state index is 10.4. The second-order valence-electron chi connectivity index (χ2n) is 5.86. The van der Waals surface area contributed by atoms with E-state index in [9.17, 15) is 5.11 Å². The number of nitrogens with zero attached hydrogens (tertiary/aromatic N) is 7. The zero-order valence-electron chi connectivity index (χ0n) is 13.0. The van der Waals surface area contributed by atoms with Gasteiger partial charge < -0.3 is 10.0 Å². The smallest absolute Gasteiger partial charge is 0.250 e. The Kier molecular flexibility index (Phi) is 3.87. The lowest BCUT2D eigenvalue weighted by Crippen LogP contribution is -2.24. The van der Waals surface area contributed by atoms with Crippen molar-refractivity contribution in [1.82, 2.24) is 30.2 Å². The lowest BCUT2D eigenvalue weighted by Gasteiger charge is -2.16. The van der Waals surface area contributed by atoms with Gasteiger partial charge >= 0.3 is 0 Å². The van der Waals surface area contributed by atoms with Crippen LogP contribution in [-0.2, 0) is 6.42 Å². The molecule has 0 unspecified atom stereocenters. The van der Waals surface area contributed by atoms with Gasteiger partial charge in [-0.3, -0.25) is 9.97 Å². The van der Waals surface area contributed by atoms with Crippen LogP contribution in [0.15, 0.2) is 48.9 Å². The van der Waals surface area contributed by atoms with Gasteiger partial charge in [0.05, 0.1) is 17.5 Å². The largest absolute Gasteiger partial charge is 0.391 e. The number of hydrogen-bond donors (Lipinski definition) is 1. The Morgan fingerprint density at radius 1 is 1.12 bits per heavy atom. The van der Waals surface area contributed by atoms with Crippen LogP contribution in [0.5, 0.6) is 0 Å². The Hall–Kier alpha value is -2.87. The first-order valence-corrected chi connectivity index (χ1v) is 7.83. The Bertz CT molecular complexity index is 792. The van der Waals surface area contributed by atoms with Gasteiger partial charge in [0.1, 0.15) is 0 Å². The molecule has 1 aliphatic heterocycles. The minimum absolute atomic E-state index is 0.0719. The maximum Gasteiger partial charge on any atom is 0.250 e. The van der Waals surface area contributed by atoms with Crippen molar-refractivity contribution in [3.63, 3.8) is 0 Å². The number of aliphatic hydroxyl groups is 1. The Balaban J connectivity index is 1.54. The Morgan fingerprint density at radius 2 is 2.00 bits per heavy atom. The lowest BCUT2D eigenvalue weighted by atomic mass is 10.0. The molecular formula is C16H17N7O. The summed E-state index contributed by atoms with van der Waals surface area (Å²) in [6.45, 7) is 1.17. The molecular weight excluding hydrogens is 306 g/mol. The van der Waals surface area contributed by atoms with Crippen molar-refractivity contribution in [3.05, 3.63) is 54.6 Å². The van der Waals surface area contributed by atoms with Gasteiger partial charge in [0.15, 0.2) is 0 Å². The van der Waals surface area contributed by atoms with Crippen LogP contribution in [0, 0.1) is 5.92 Å². The molecule has 0 bridgehead atoms. The van der Waals surface area contributed by atoms with Crippen LogP contribution in [0.2, 0.25) is 0 Å². The van der Waals surface area contributed by atoms with Crippen molar-refractivity contribution in [1.29, 1.82) is 0 Å². The highest BCUT2D eigenvalue weighted by Gasteiger charge is 2.34. The van der Waals surface area contributed by atoms with Crippen LogP contribution in [-0.4, -0.2) is 54.5 Å². The molecule has 0 radical (unpaired) electrons. The van der Waals surface area contributed by atoms with Crippen LogP contribution in [0.3, 0.4) is 0 Å². The molecule has 1 aromatic carbocycles. The van der Waals surface area contributed by atoms with Gasteiger partial charge in [-0.2, -0.15) is 4.68 Å². The second-order valence-corrected chi connectivity index (χ2v) is 5.86. The molecule has 0 amide bonds. The van der Waals surface area contributed by atoms with Crippen molar-refractivity contribution in [2.75, 3.05) is 18.0 Å². The monoisotopic (exact) mass is 323 g/mol. The van der Waals surface area contributed by atoms with E-state index in [-0.39, 0.29) is 5.92 Å². The molecule has 1 N–H and O–H groups in total. The second kappa shape index (κ2) is 6.32. The highest BCUT2D eigenvalue weighted by atomic mass is 16.3. The van der Waals surface area contributed by atoms with E-state index in [1.165, 1.54) is 0 Å². The molecule has 0 saturated carbocycles. The number of aliphatic hydroxyl groups excluding tert-OH is 1. The molecule has 122 valence electrons. The van der Waals surface area contributed by atoms with Gasteiger partial charge in [-0.1, -0.05) is 23.3 Å². The average molecular weight is 323 g/mol. The van der Waals surface area contributed by atoms with E-state index >= 15 is 0 Å². The van der Waals surface area contributed by atoms with E-state index in [2.05, 4.69) is 25.5 Å². The number of hydrogen-bond acceptors (Lipinski definition) is 7. The molecule has 4 rings (SSSR count). The molecule has 8 heteroatoms. The van der Waals surface area contributed by atoms with Crippen molar-refractivity contribution in [3.8, 4) is 5.69 Å². The summed E-state index contributed by atoms with van der Waals surface area (Å²) in [4.78, 5) is 10.4. The fraction of sp³-hybridized carbons (Fsp3) is 0.312. The summed E-state index contributed by atoms with van der Waals surface area (Å²) < 4.78 is 1.69. The minimum atomic E-state index is -0.451. The summed E-state index contributed by atoms with van der Waals surface area (Å²) >= 11 is 0. The molecule has 1 fully saturated rings. The molecule has 3 heterocycles. The van der Waals surface area contributed by atoms with Crippen molar-refractivity contribution < 1.29 is 5.11 Å². The van der Waals surface area contributed by atoms with Gasteiger partial charge in [-0.25, -0.2) is 0 Å². The summed E-state index contributed by atoms with van der Waals surface area (Å²) in [6, 6.07) is 9.73. The number of β-amino-alcohol motifs (C(OH)–C–C–N with tert-alkyl or cyclic N) is 1. The number of rotatable bonds is 4. The Labute approximate surface area is 138 Å². The normalized spacial score (nSPS) is 20.5. The third-order valence-corrected chi connectivity index (χ3v) is 4.23. The van der Waals surface area contributed by atoms with Gasteiger partial charge in [0.25, 0.3) is 0 Å². The SMILES string of the molecule is O[C@@H]1CN(c2nnnn2-c2ccccc2)C[C@H]1Cc1cnccn1. The number of aromatic nitrogens is 6. The fourth-order valence-electron chi connectivity index (χ4n) is 3.04. The number of benzene rings is 1. The molecule has 0 aliphatic carbocycles. The third-order valence-electron chi connectivity index (χ3n) is 4.23. The van der Waals surface area contributed by atoms with Gasteiger partial charge in [0.2, 0.25) is 5.95 Å². The summed E-state index contributed by atoms with van der Waals surface area (Å²) in [7, 11) is 0. The van der Waals surface area contributed by atoms with E-state index in [1.807, 2.05) is 35.2 Å². The molecule has 24 heavy (non-hydrogen) atoms. The van der Waals surface area contributed by atoms with Crippen LogP contribution in [0.1, 0.15) is 5.69 Å². The van der Waals surface area contributed by atoms with Crippen LogP contribution in [0.4, 0.5) is 5.95 Å². The first kappa shape index (κ1) is 14.7. The molecule has 8 nitrogen and oxygen atoms in total. The van der Waals surface area contributed by atoms with E-state index in [1.54, 1.807) is 23.3 Å². The zero-order chi connectivity index (χ0) is 16.4. The van der Waals surface area contributed by atoms with Crippen LogP contribution in [0.25, 0.3) is 5.69 Å². The maximum absolute atomic E-state index is 10.4. The predicted octanol–water partition coefficient (Wildman–Crippen LogP) is 0.492. The third kappa shape index (κ3) is 2.83. The number of anilines is 1. The van der Waals surface area contributed by atoms with E-state index in [4.69, 9.17) is 0 Å². The lowest BCUT2D eigenvalue weighted by molar-refractivity contribution is 0.147. The standard InChI is InChI=1S/C16H17N7O/c24-15-11-22(10-12(15)8-13-9-17-6-7-18-13)16-19-20-21-23(16)14-4-2-1-3-5-14/h1-7,9,12,15,24H,8,10-11H2/t12-,15-/m1/s1. The average Bonchev–Trinajstić information content (AvgIpc) is 3.24. The first-order chi connectivity index (χ1) is 11.8. The van der Waals surface area contributed by atoms with Crippen LogP contribution < -0.4 is 4.90 Å². The summed E-state index contributed by atoms with van der Waals surface area (Å²) in [5, 5.41) is 22.4. The fourth-order valence-corrected chi connectivity index (χ4v) is 3.04. The molecule has 0 spiro atoms. The summed E-state index contributed by atoms with van der Waals surface area (Å²) in [5.41, 5.74) is 1.77. The van der Waals surface area contributed by atoms with E-state index in [0.717, 1.165) is 11.4 Å². The molecule has 3 aromatic rings. The highest BCUT2D eigenvalue weighted by molar-refractivity contribution is 5.41. The van der Waals surface area contributed by atoms with Crippen molar-refractivity contribution >= 4 is 5.95 Å². The zero-order valence-corrected chi connectivity index (χ0v) is 13.0. The van der Waals surface area contributed by atoms with Gasteiger partial charge in [0, 0.05) is 37.6 Å². The first-order valence-electron chi connectivity index (χ1n) is 7.83. The predicted molar refractivity (Wildman–Crippen MR) is 86.6 cm³/mol. The summed E-state index contributed by atoms with van der Waals surface area (Å²) in [6.07, 6.45) is 5.29. The number of para-hydroxylation sites is 1. The molecule has 1 aliphatic rings. The van der Waals surface area contributed by atoms with Gasteiger partial charge in [-0.15, -0.1) is 0 Å². The Morgan fingerprint density at radius 3 is 2.79 bits per heavy atom. The van der Waals surface area contributed by atoms with Crippen LogP contribution >= 0.6 is 0 Å².